The number of primary amides is 1. The highest BCUT2D eigenvalue weighted by Crippen LogP contribution is 2.26. The van der Waals surface area contributed by atoms with Crippen LogP contribution in [0.4, 0.5) is 0 Å². The molecule has 1 aliphatic carbocycles. The molecule has 22 heavy (non-hydrogen) atoms. The van der Waals surface area contributed by atoms with E-state index >= 15 is 0 Å². The number of hydrogen-bond donors (Lipinski definition) is 2. The van der Waals surface area contributed by atoms with Crippen LogP contribution >= 0.6 is 23.2 Å². The highest BCUT2D eigenvalue weighted by atomic mass is 35.5. The van der Waals surface area contributed by atoms with Crippen LogP contribution in [0.3, 0.4) is 0 Å². The van der Waals surface area contributed by atoms with Crippen LogP contribution in [0.1, 0.15) is 37.7 Å². The van der Waals surface area contributed by atoms with Gasteiger partial charge in [-0.15, -0.1) is 0 Å². The Balaban J connectivity index is 2.07. The van der Waals surface area contributed by atoms with Crippen LogP contribution in [0.15, 0.2) is 18.2 Å². The molecule has 0 saturated heterocycles. The van der Waals surface area contributed by atoms with Gasteiger partial charge in [0.15, 0.2) is 0 Å². The van der Waals surface area contributed by atoms with Gasteiger partial charge in [-0.1, -0.05) is 48.5 Å². The first-order valence-electron chi connectivity index (χ1n) is 7.51. The van der Waals surface area contributed by atoms with Crippen molar-refractivity contribution in [3.05, 3.63) is 33.8 Å². The molecule has 3 N–H and O–H groups in total. The van der Waals surface area contributed by atoms with E-state index in [1.54, 1.807) is 18.2 Å². The number of nitrogens with one attached hydrogen (secondary N) is 1. The summed E-state index contributed by atoms with van der Waals surface area (Å²) in [6.07, 6.45) is 5.20. The van der Waals surface area contributed by atoms with Crippen molar-refractivity contribution in [2.45, 2.75) is 44.6 Å². The molecule has 1 atom stereocenters. The molecule has 0 radical (unpaired) electrons. The lowest BCUT2D eigenvalue weighted by Gasteiger charge is -2.24. The van der Waals surface area contributed by atoms with Crippen molar-refractivity contribution in [2.24, 2.45) is 11.7 Å². The van der Waals surface area contributed by atoms with Gasteiger partial charge in [-0.3, -0.25) is 9.59 Å². The van der Waals surface area contributed by atoms with E-state index in [4.69, 9.17) is 28.9 Å². The molecule has 2 rings (SSSR count). The average Bonchev–Trinajstić information content (AvgIpc) is 2.50. The molecule has 2 amide bonds. The Bertz CT molecular complexity index is 537. The molecule has 4 nitrogen and oxygen atoms in total. The van der Waals surface area contributed by atoms with E-state index < -0.39 is 11.9 Å². The van der Waals surface area contributed by atoms with Gasteiger partial charge < -0.3 is 11.1 Å². The Morgan fingerprint density at radius 3 is 2.32 bits per heavy atom. The first-order valence-corrected chi connectivity index (χ1v) is 8.27. The Labute approximate surface area is 140 Å². The SMILES string of the molecule is NC(=O)[C@H](Cc1c(Cl)cccc1Cl)NC(=O)C1CCCCC1. The Morgan fingerprint density at radius 2 is 1.77 bits per heavy atom. The zero-order valence-electron chi connectivity index (χ0n) is 12.3. The van der Waals surface area contributed by atoms with E-state index in [0.717, 1.165) is 32.1 Å². The Kier molecular flexibility index (Phi) is 6.09. The first-order chi connectivity index (χ1) is 10.5. The van der Waals surface area contributed by atoms with Crippen LogP contribution < -0.4 is 11.1 Å². The minimum absolute atomic E-state index is 0.0303. The molecule has 0 heterocycles. The maximum absolute atomic E-state index is 12.3. The summed E-state index contributed by atoms with van der Waals surface area (Å²) in [6.45, 7) is 0. The quantitative estimate of drug-likeness (QED) is 0.862. The normalized spacial score (nSPS) is 17.0. The molecular formula is C16H20Cl2N2O2. The van der Waals surface area contributed by atoms with Crippen LogP contribution in [-0.2, 0) is 16.0 Å². The van der Waals surface area contributed by atoms with E-state index in [0.29, 0.717) is 15.6 Å². The lowest BCUT2D eigenvalue weighted by molar-refractivity contribution is -0.130. The van der Waals surface area contributed by atoms with Gasteiger partial charge in [-0.05, 0) is 30.5 Å². The van der Waals surface area contributed by atoms with Crippen LogP contribution in [0.25, 0.3) is 0 Å². The van der Waals surface area contributed by atoms with Crippen molar-refractivity contribution < 1.29 is 9.59 Å². The molecule has 1 fully saturated rings. The summed E-state index contributed by atoms with van der Waals surface area (Å²) in [7, 11) is 0. The van der Waals surface area contributed by atoms with Gasteiger partial charge in [0.05, 0.1) is 0 Å². The summed E-state index contributed by atoms with van der Waals surface area (Å²) < 4.78 is 0. The minimum Gasteiger partial charge on any atom is -0.368 e. The number of rotatable bonds is 5. The minimum atomic E-state index is -0.799. The zero-order valence-corrected chi connectivity index (χ0v) is 13.8. The second kappa shape index (κ2) is 7.84. The number of amides is 2. The summed E-state index contributed by atoms with van der Waals surface area (Å²) in [4.78, 5) is 24.0. The van der Waals surface area contributed by atoms with E-state index in [1.807, 2.05) is 0 Å². The van der Waals surface area contributed by atoms with E-state index in [-0.39, 0.29) is 18.2 Å². The molecule has 6 heteroatoms. The molecule has 0 bridgehead atoms. The third-order valence-electron chi connectivity index (χ3n) is 4.11. The molecule has 120 valence electrons. The van der Waals surface area contributed by atoms with Gasteiger partial charge in [0.25, 0.3) is 0 Å². The lowest BCUT2D eigenvalue weighted by Crippen LogP contribution is -2.48. The topological polar surface area (TPSA) is 72.2 Å². The fourth-order valence-electron chi connectivity index (χ4n) is 2.81. The summed E-state index contributed by atoms with van der Waals surface area (Å²) in [5.74, 6) is -0.718. The average molecular weight is 343 g/mol. The molecule has 1 aromatic rings. The van der Waals surface area contributed by atoms with E-state index in [9.17, 15) is 9.59 Å². The summed E-state index contributed by atoms with van der Waals surface area (Å²) in [5.41, 5.74) is 6.05. The van der Waals surface area contributed by atoms with Crippen molar-refractivity contribution in [2.75, 3.05) is 0 Å². The standard InChI is InChI=1S/C16H20Cl2N2O2/c17-12-7-4-8-13(18)11(12)9-14(15(19)21)20-16(22)10-5-2-1-3-6-10/h4,7-8,10,14H,1-3,5-6,9H2,(H2,19,21)(H,20,22)/t14-/m0/s1. The van der Waals surface area contributed by atoms with E-state index in [1.165, 1.54) is 0 Å². The van der Waals surface area contributed by atoms with Gasteiger partial charge in [0.2, 0.25) is 11.8 Å². The molecule has 0 aliphatic heterocycles. The molecule has 1 aliphatic rings. The predicted molar refractivity (Wildman–Crippen MR) is 87.9 cm³/mol. The van der Waals surface area contributed by atoms with Gasteiger partial charge >= 0.3 is 0 Å². The fraction of sp³-hybridized carbons (Fsp3) is 0.500. The van der Waals surface area contributed by atoms with Crippen molar-refractivity contribution in [1.82, 2.24) is 5.32 Å². The largest absolute Gasteiger partial charge is 0.368 e. The van der Waals surface area contributed by atoms with Gasteiger partial charge in [-0.2, -0.15) is 0 Å². The molecule has 0 unspecified atom stereocenters. The molecular weight excluding hydrogens is 323 g/mol. The summed E-state index contributed by atoms with van der Waals surface area (Å²) >= 11 is 12.2. The monoisotopic (exact) mass is 342 g/mol. The number of carbonyl (C=O) groups is 2. The first kappa shape index (κ1) is 17.1. The van der Waals surface area contributed by atoms with E-state index in [2.05, 4.69) is 5.32 Å². The van der Waals surface area contributed by atoms with Gasteiger partial charge in [-0.25, -0.2) is 0 Å². The lowest BCUT2D eigenvalue weighted by atomic mass is 9.88. The third-order valence-corrected chi connectivity index (χ3v) is 4.81. The molecule has 1 aromatic carbocycles. The molecule has 0 spiro atoms. The van der Waals surface area contributed by atoms with Crippen LogP contribution in [-0.4, -0.2) is 17.9 Å². The highest BCUT2D eigenvalue weighted by Gasteiger charge is 2.26. The predicted octanol–water partition coefficient (Wildman–Crippen LogP) is 3.09. The third kappa shape index (κ3) is 4.37. The van der Waals surface area contributed by atoms with Crippen LogP contribution in [0.2, 0.25) is 10.0 Å². The maximum atomic E-state index is 12.3. The van der Waals surface area contributed by atoms with Gasteiger partial charge in [0, 0.05) is 22.4 Å². The number of nitrogens with two attached hydrogens (primary N) is 1. The zero-order chi connectivity index (χ0) is 16.1. The summed E-state index contributed by atoms with van der Waals surface area (Å²) in [6, 6.07) is 4.33. The fourth-order valence-corrected chi connectivity index (χ4v) is 3.36. The van der Waals surface area contributed by atoms with Crippen molar-refractivity contribution in [3.63, 3.8) is 0 Å². The number of carbonyl (C=O) groups excluding carboxylic acids is 2. The Hall–Kier alpha value is -1.26. The molecule has 1 saturated carbocycles. The van der Waals surface area contributed by atoms with Crippen LogP contribution in [0, 0.1) is 5.92 Å². The number of benzene rings is 1. The highest BCUT2D eigenvalue weighted by molar-refractivity contribution is 6.36. The Morgan fingerprint density at radius 1 is 1.18 bits per heavy atom. The number of halogens is 2. The number of hydrogen-bond acceptors (Lipinski definition) is 2. The second-order valence-corrected chi connectivity index (χ2v) is 6.52. The van der Waals surface area contributed by atoms with Crippen molar-refractivity contribution >= 4 is 35.0 Å². The van der Waals surface area contributed by atoms with Gasteiger partial charge in [0.1, 0.15) is 6.04 Å². The smallest absolute Gasteiger partial charge is 0.240 e. The molecule has 0 aromatic heterocycles. The summed E-state index contributed by atoms with van der Waals surface area (Å²) in [5, 5.41) is 3.69. The second-order valence-electron chi connectivity index (χ2n) is 5.70. The van der Waals surface area contributed by atoms with Crippen molar-refractivity contribution in [1.29, 1.82) is 0 Å². The maximum Gasteiger partial charge on any atom is 0.240 e. The van der Waals surface area contributed by atoms with Crippen LogP contribution in [0.5, 0.6) is 0 Å². The van der Waals surface area contributed by atoms with Crippen molar-refractivity contribution in [3.8, 4) is 0 Å².